The van der Waals surface area contributed by atoms with Gasteiger partial charge in [-0.3, -0.25) is 9.59 Å². The molecule has 0 N–H and O–H groups in total. The minimum absolute atomic E-state index is 0.0361. The van der Waals surface area contributed by atoms with E-state index >= 15 is 0 Å². The minimum atomic E-state index is -0.168. The summed E-state index contributed by atoms with van der Waals surface area (Å²) in [5.74, 6) is -0.206. The number of amides is 1. The van der Waals surface area contributed by atoms with Gasteiger partial charge in [0.2, 0.25) is 0 Å². The first-order valence-electron chi connectivity index (χ1n) is 7.75. The molecule has 120 valence electrons. The highest BCUT2D eigenvalue weighted by molar-refractivity contribution is 5.94. The van der Waals surface area contributed by atoms with Crippen LogP contribution in [0.2, 0.25) is 0 Å². The summed E-state index contributed by atoms with van der Waals surface area (Å²) < 4.78 is 4.77. The van der Waals surface area contributed by atoms with E-state index in [9.17, 15) is 9.59 Å². The molecule has 1 aliphatic rings. The van der Waals surface area contributed by atoms with Gasteiger partial charge in [-0.15, -0.1) is 0 Å². The van der Waals surface area contributed by atoms with Gasteiger partial charge in [-0.2, -0.15) is 0 Å². The van der Waals surface area contributed by atoms with E-state index in [0.717, 1.165) is 12.2 Å². The lowest BCUT2D eigenvalue weighted by Crippen LogP contribution is -2.40. The lowest BCUT2D eigenvalue weighted by Gasteiger charge is -2.30. The molecule has 0 saturated carbocycles. The number of hydrogen-bond acceptors (Lipinski definition) is 4. The third-order valence-electron chi connectivity index (χ3n) is 4.35. The molecule has 0 radical (unpaired) electrons. The van der Waals surface area contributed by atoms with Crippen molar-refractivity contribution >= 4 is 17.6 Å². The number of piperidine rings is 1. The molecule has 0 spiro atoms. The van der Waals surface area contributed by atoms with E-state index in [1.807, 2.05) is 36.2 Å². The molecule has 1 amide bonds. The fourth-order valence-electron chi connectivity index (χ4n) is 2.71. The van der Waals surface area contributed by atoms with Gasteiger partial charge >= 0.3 is 5.97 Å². The summed E-state index contributed by atoms with van der Waals surface area (Å²) in [6.07, 6.45) is 1.35. The number of esters is 1. The number of carbonyl (C=O) groups excluding carboxylic acids is 2. The predicted molar refractivity (Wildman–Crippen MR) is 86.0 cm³/mol. The van der Waals surface area contributed by atoms with E-state index in [-0.39, 0.29) is 17.8 Å². The first-order valence-corrected chi connectivity index (χ1v) is 7.75. The summed E-state index contributed by atoms with van der Waals surface area (Å²) in [6, 6.07) is 7.68. The van der Waals surface area contributed by atoms with E-state index in [4.69, 9.17) is 4.74 Å². The van der Waals surface area contributed by atoms with Crippen molar-refractivity contribution < 1.29 is 14.3 Å². The molecule has 5 heteroatoms. The third kappa shape index (κ3) is 3.59. The Balaban J connectivity index is 1.96. The van der Waals surface area contributed by atoms with Crippen LogP contribution >= 0.6 is 0 Å². The predicted octanol–water partition coefficient (Wildman–Crippen LogP) is 2.17. The first kappa shape index (κ1) is 16.3. The van der Waals surface area contributed by atoms with E-state index in [2.05, 4.69) is 11.8 Å². The van der Waals surface area contributed by atoms with Crippen molar-refractivity contribution in [1.29, 1.82) is 0 Å². The number of anilines is 1. The Bertz CT molecular complexity index is 519. The fraction of sp³-hybridized carbons (Fsp3) is 0.529. The third-order valence-corrected chi connectivity index (χ3v) is 4.35. The molecule has 0 unspecified atom stereocenters. The molecule has 1 aromatic carbocycles. The molecule has 5 nitrogen and oxygen atoms in total. The van der Waals surface area contributed by atoms with E-state index in [0.29, 0.717) is 31.5 Å². The second-order valence-corrected chi connectivity index (χ2v) is 5.65. The Morgan fingerprint density at radius 3 is 2.32 bits per heavy atom. The molecule has 1 heterocycles. The van der Waals surface area contributed by atoms with Crippen LogP contribution in [0.1, 0.15) is 30.1 Å². The fourth-order valence-corrected chi connectivity index (χ4v) is 2.71. The Kier molecular flexibility index (Phi) is 5.41. The lowest BCUT2D eigenvalue weighted by atomic mass is 9.96. The maximum Gasteiger partial charge on any atom is 0.308 e. The average Bonchev–Trinajstić information content (AvgIpc) is 2.60. The number of carbonyl (C=O) groups is 2. The molecule has 2 rings (SSSR count). The zero-order chi connectivity index (χ0) is 16.1. The molecule has 22 heavy (non-hydrogen) atoms. The monoisotopic (exact) mass is 304 g/mol. The van der Waals surface area contributed by atoms with Gasteiger partial charge in [-0.05, 0) is 44.0 Å². The molecular formula is C17H24N2O3. The first-order chi connectivity index (χ1) is 10.6. The molecular weight excluding hydrogens is 280 g/mol. The second kappa shape index (κ2) is 7.29. The Labute approximate surface area is 131 Å². The molecule has 1 fully saturated rings. The summed E-state index contributed by atoms with van der Waals surface area (Å²) in [4.78, 5) is 27.9. The van der Waals surface area contributed by atoms with Crippen LogP contribution in [0.15, 0.2) is 24.3 Å². The van der Waals surface area contributed by atoms with Crippen LogP contribution in [-0.4, -0.2) is 50.6 Å². The molecule has 0 bridgehead atoms. The average molecular weight is 304 g/mol. The number of likely N-dealkylation sites (tertiary alicyclic amines) is 1. The highest BCUT2D eigenvalue weighted by Crippen LogP contribution is 2.21. The van der Waals surface area contributed by atoms with Gasteiger partial charge < -0.3 is 14.5 Å². The summed E-state index contributed by atoms with van der Waals surface area (Å²) >= 11 is 0. The summed E-state index contributed by atoms with van der Waals surface area (Å²) in [7, 11) is 3.43. The number of nitrogens with zero attached hydrogens (tertiary/aromatic N) is 2. The number of benzene rings is 1. The zero-order valence-corrected chi connectivity index (χ0v) is 13.5. The van der Waals surface area contributed by atoms with Gasteiger partial charge in [0, 0.05) is 37.9 Å². The second-order valence-electron chi connectivity index (χ2n) is 5.65. The van der Waals surface area contributed by atoms with Crippen molar-refractivity contribution in [2.24, 2.45) is 5.92 Å². The Hall–Kier alpha value is -2.04. The van der Waals surface area contributed by atoms with Crippen molar-refractivity contribution in [2.75, 3.05) is 38.7 Å². The Morgan fingerprint density at radius 1 is 1.23 bits per heavy atom. The number of rotatable bonds is 4. The van der Waals surface area contributed by atoms with Crippen molar-refractivity contribution in [3.63, 3.8) is 0 Å². The highest BCUT2D eigenvalue weighted by Gasteiger charge is 2.28. The van der Waals surface area contributed by atoms with Gasteiger partial charge in [0.05, 0.1) is 13.0 Å². The maximum absolute atomic E-state index is 12.5. The van der Waals surface area contributed by atoms with Crippen molar-refractivity contribution in [2.45, 2.75) is 19.8 Å². The topological polar surface area (TPSA) is 49.9 Å². The number of hydrogen-bond donors (Lipinski definition) is 0. The normalized spacial score (nSPS) is 15.5. The van der Waals surface area contributed by atoms with Gasteiger partial charge in [-0.25, -0.2) is 0 Å². The van der Waals surface area contributed by atoms with Crippen LogP contribution in [0.25, 0.3) is 0 Å². The van der Waals surface area contributed by atoms with Gasteiger partial charge in [0.25, 0.3) is 5.91 Å². The molecule has 1 aliphatic heterocycles. The SMILES string of the molecule is CCN(C)c1ccc(C(=O)N2CCC(C(=O)OC)CC2)cc1. The smallest absolute Gasteiger partial charge is 0.308 e. The van der Waals surface area contributed by atoms with Crippen molar-refractivity contribution in [3.8, 4) is 0 Å². The van der Waals surface area contributed by atoms with Gasteiger partial charge in [0.1, 0.15) is 0 Å². The molecule has 1 saturated heterocycles. The van der Waals surface area contributed by atoms with Crippen molar-refractivity contribution in [1.82, 2.24) is 4.90 Å². The lowest BCUT2D eigenvalue weighted by molar-refractivity contribution is -0.146. The number of ether oxygens (including phenoxy) is 1. The summed E-state index contributed by atoms with van der Waals surface area (Å²) in [5.41, 5.74) is 1.80. The van der Waals surface area contributed by atoms with Gasteiger partial charge in [-0.1, -0.05) is 0 Å². The minimum Gasteiger partial charge on any atom is -0.469 e. The van der Waals surface area contributed by atoms with Crippen LogP contribution in [0.4, 0.5) is 5.69 Å². The highest BCUT2D eigenvalue weighted by atomic mass is 16.5. The van der Waals surface area contributed by atoms with Crippen LogP contribution in [-0.2, 0) is 9.53 Å². The van der Waals surface area contributed by atoms with Crippen LogP contribution < -0.4 is 4.90 Å². The van der Waals surface area contributed by atoms with Crippen LogP contribution in [0.3, 0.4) is 0 Å². The van der Waals surface area contributed by atoms with E-state index in [1.165, 1.54) is 7.11 Å². The maximum atomic E-state index is 12.5. The standard InChI is InChI=1S/C17H24N2O3/c1-4-18(2)15-7-5-13(6-8-15)16(20)19-11-9-14(10-12-19)17(21)22-3/h5-8,14H,4,9-12H2,1-3H3. The molecule has 0 atom stereocenters. The van der Waals surface area contributed by atoms with Crippen LogP contribution in [0, 0.1) is 5.92 Å². The molecule has 1 aromatic rings. The molecule has 0 aromatic heterocycles. The number of methoxy groups -OCH3 is 1. The molecule has 0 aliphatic carbocycles. The zero-order valence-electron chi connectivity index (χ0n) is 13.5. The largest absolute Gasteiger partial charge is 0.469 e. The quantitative estimate of drug-likeness (QED) is 0.800. The van der Waals surface area contributed by atoms with E-state index < -0.39 is 0 Å². The van der Waals surface area contributed by atoms with Crippen molar-refractivity contribution in [3.05, 3.63) is 29.8 Å². The summed E-state index contributed by atoms with van der Waals surface area (Å²) in [6.45, 7) is 4.23. The van der Waals surface area contributed by atoms with E-state index in [1.54, 1.807) is 0 Å². The van der Waals surface area contributed by atoms with Crippen LogP contribution in [0.5, 0.6) is 0 Å². The Morgan fingerprint density at radius 2 is 1.82 bits per heavy atom. The van der Waals surface area contributed by atoms with Gasteiger partial charge in [0.15, 0.2) is 0 Å². The summed E-state index contributed by atoms with van der Waals surface area (Å²) in [5, 5.41) is 0.